The van der Waals surface area contributed by atoms with Gasteiger partial charge in [-0.1, -0.05) is 13.8 Å². The first-order valence-corrected chi connectivity index (χ1v) is 7.42. The van der Waals surface area contributed by atoms with E-state index >= 15 is 0 Å². The molecule has 2 unspecified atom stereocenters. The van der Waals surface area contributed by atoms with Crippen LogP contribution in [-0.4, -0.2) is 53.6 Å². The number of nitrogens with one attached hydrogen (secondary N) is 1. The van der Waals surface area contributed by atoms with E-state index in [-0.39, 0.29) is 17.6 Å². The molecule has 2 aliphatic heterocycles. The number of carbonyl (C=O) groups is 1. The number of carbonyl (C=O) groups excluding carboxylic acids is 1. The number of hydrogen-bond donors (Lipinski definition) is 1. The van der Waals surface area contributed by atoms with Gasteiger partial charge < -0.3 is 9.80 Å². The third kappa shape index (κ3) is 2.54. The lowest BCUT2D eigenvalue weighted by Gasteiger charge is -2.26. The smallest absolute Gasteiger partial charge is 0.243 e. The van der Waals surface area contributed by atoms with E-state index in [1.54, 1.807) is 0 Å². The molecule has 2 heterocycles. The van der Waals surface area contributed by atoms with E-state index in [1.165, 1.54) is 25.9 Å². The topological polar surface area (TPSA) is 35.6 Å². The van der Waals surface area contributed by atoms with Gasteiger partial charge in [-0.2, -0.15) is 0 Å². The molecule has 4 nitrogen and oxygen atoms in total. The van der Waals surface area contributed by atoms with Crippen molar-refractivity contribution in [3.63, 3.8) is 0 Å². The molecule has 2 saturated heterocycles. The average Bonchev–Trinajstić information content (AvgIpc) is 2.96. The van der Waals surface area contributed by atoms with Crippen molar-refractivity contribution in [2.75, 3.05) is 26.2 Å². The Balaban J connectivity index is 1.94. The van der Waals surface area contributed by atoms with Crippen LogP contribution in [0, 0.1) is 0 Å². The molecule has 0 spiro atoms. The van der Waals surface area contributed by atoms with E-state index in [0.29, 0.717) is 0 Å². The summed E-state index contributed by atoms with van der Waals surface area (Å²) in [5.41, 5.74) is -0.342. The Labute approximate surface area is 111 Å². The zero-order valence-corrected chi connectivity index (χ0v) is 12.0. The average molecular weight is 253 g/mol. The number of hydrogen-bond acceptors (Lipinski definition) is 3. The predicted octanol–water partition coefficient (Wildman–Crippen LogP) is 1.42. The SMILES string of the molecule is CCC1NC(C)(CC)C(=O)N1CCN1CCCC1. The Morgan fingerprint density at radius 1 is 1.28 bits per heavy atom. The van der Waals surface area contributed by atoms with Gasteiger partial charge in [-0.25, -0.2) is 0 Å². The highest BCUT2D eigenvalue weighted by Gasteiger charge is 2.45. The van der Waals surface area contributed by atoms with Crippen molar-refractivity contribution in [1.29, 1.82) is 0 Å². The standard InChI is InChI=1S/C14H27N3O/c1-4-12-15-14(3,5-2)13(18)17(12)11-10-16-8-6-7-9-16/h12,15H,4-11H2,1-3H3. The molecule has 104 valence electrons. The van der Waals surface area contributed by atoms with Crippen LogP contribution in [0.1, 0.15) is 46.5 Å². The molecule has 0 radical (unpaired) electrons. The molecule has 0 aromatic heterocycles. The summed E-state index contributed by atoms with van der Waals surface area (Å²) in [6.45, 7) is 10.6. The maximum absolute atomic E-state index is 12.5. The first kappa shape index (κ1) is 13.8. The molecule has 0 bridgehead atoms. The van der Waals surface area contributed by atoms with Gasteiger partial charge in [0.05, 0.1) is 11.7 Å². The molecule has 2 aliphatic rings. The highest BCUT2D eigenvalue weighted by molar-refractivity contribution is 5.88. The van der Waals surface area contributed by atoms with Gasteiger partial charge in [0.15, 0.2) is 0 Å². The number of nitrogens with zero attached hydrogens (tertiary/aromatic N) is 2. The van der Waals surface area contributed by atoms with Crippen LogP contribution in [0.3, 0.4) is 0 Å². The molecule has 2 rings (SSSR count). The van der Waals surface area contributed by atoms with Gasteiger partial charge in [-0.15, -0.1) is 0 Å². The van der Waals surface area contributed by atoms with E-state index < -0.39 is 0 Å². The van der Waals surface area contributed by atoms with Crippen molar-refractivity contribution < 1.29 is 4.79 Å². The molecule has 1 N–H and O–H groups in total. The molecule has 0 aromatic rings. The molecule has 4 heteroatoms. The van der Waals surface area contributed by atoms with Crippen molar-refractivity contribution in [1.82, 2.24) is 15.1 Å². The molecule has 0 aliphatic carbocycles. The lowest BCUT2D eigenvalue weighted by atomic mass is 9.99. The Kier molecular flexibility index (Phi) is 4.28. The highest BCUT2D eigenvalue weighted by atomic mass is 16.2. The zero-order chi connectivity index (χ0) is 13.2. The number of amides is 1. The van der Waals surface area contributed by atoms with Crippen LogP contribution in [0.2, 0.25) is 0 Å². The van der Waals surface area contributed by atoms with Gasteiger partial charge >= 0.3 is 0 Å². The lowest BCUT2D eigenvalue weighted by Crippen LogP contribution is -2.43. The largest absolute Gasteiger partial charge is 0.324 e. The van der Waals surface area contributed by atoms with Crippen molar-refractivity contribution in [3.05, 3.63) is 0 Å². The van der Waals surface area contributed by atoms with E-state index in [4.69, 9.17) is 0 Å². The summed E-state index contributed by atoms with van der Waals surface area (Å²) < 4.78 is 0. The van der Waals surface area contributed by atoms with Gasteiger partial charge in [-0.05, 0) is 45.7 Å². The fourth-order valence-corrected chi connectivity index (χ4v) is 3.05. The van der Waals surface area contributed by atoms with Gasteiger partial charge in [0.25, 0.3) is 0 Å². The fourth-order valence-electron chi connectivity index (χ4n) is 3.05. The summed E-state index contributed by atoms with van der Waals surface area (Å²) in [5, 5.41) is 3.50. The van der Waals surface area contributed by atoms with Crippen LogP contribution in [0.15, 0.2) is 0 Å². The van der Waals surface area contributed by atoms with Crippen molar-refractivity contribution >= 4 is 5.91 Å². The summed E-state index contributed by atoms with van der Waals surface area (Å²) >= 11 is 0. The lowest BCUT2D eigenvalue weighted by molar-refractivity contribution is -0.133. The normalized spacial score (nSPS) is 33.6. The van der Waals surface area contributed by atoms with Crippen molar-refractivity contribution in [2.24, 2.45) is 0 Å². The first-order valence-electron chi connectivity index (χ1n) is 7.42. The van der Waals surface area contributed by atoms with Crippen molar-refractivity contribution in [3.8, 4) is 0 Å². The number of rotatable bonds is 5. The second-order valence-electron chi connectivity index (χ2n) is 5.80. The summed E-state index contributed by atoms with van der Waals surface area (Å²) in [4.78, 5) is 17.0. The monoisotopic (exact) mass is 253 g/mol. The van der Waals surface area contributed by atoms with Crippen LogP contribution >= 0.6 is 0 Å². The van der Waals surface area contributed by atoms with Gasteiger partial charge in [0.1, 0.15) is 0 Å². The van der Waals surface area contributed by atoms with E-state index in [9.17, 15) is 4.79 Å². The minimum Gasteiger partial charge on any atom is -0.324 e. The first-order chi connectivity index (χ1) is 8.60. The van der Waals surface area contributed by atoms with Crippen LogP contribution < -0.4 is 5.32 Å². The van der Waals surface area contributed by atoms with E-state index in [0.717, 1.165) is 25.9 Å². The van der Waals surface area contributed by atoms with Crippen LogP contribution in [0.25, 0.3) is 0 Å². The second kappa shape index (κ2) is 5.57. The third-order valence-corrected chi connectivity index (χ3v) is 4.54. The van der Waals surface area contributed by atoms with Crippen molar-refractivity contribution in [2.45, 2.75) is 58.2 Å². The number of likely N-dealkylation sites (tertiary alicyclic amines) is 1. The molecule has 18 heavy (non-hydrogen) atoms. The van der Waals surface area contributed by atoms with Gasteiger partial charge in [0.2, 0.25) is 5.91 Å². The Morgan fingerprint density at radius 3 is 2.50 bits per heavy atom. The summed E-state index contributed by atoms with van der Waals surface area (Å²) in [7, 11) is 0. The maximum atomic E-state index is 12.5. The fraction of sp³-hybridized carbons (Fsp3) is 0.929. The van der Waals surface area contributed by atoms with E-state index in [1.807, 2.05) is 6.92 Å². The summed E-state index contributed by atoms with van der Waals surface area (Å²) in [6.07, 6.45) is 4.71. The minimum absolute atomic E-state index is 0.227. The second-order valence-corrected chi connectivity index (χ2v) is 5.80. The Bertz CT molecular complexity index is 301. The predicted molar refractivity (Wildman–Crippen MR) is 73.3 cm³/mol. The molecule has 0 aromatic carbocycles. The Morgan fingerprint density at radius 2 is 1.94 bits per heavy atom. The minimum atomic E-state index is -0.342. The summed E-state index contributed by atoms with van der Waals surface area (Å²) in [5.74, 6) is 0.288. The summed E-state index contributed by atoms with van der Waals surface area (Å²) in [6, 6.07) is 0. The molecule has 2 fully saturated rings. The maximum Gasteiger partial charge on any atom is 0.243 e. The van der Waals surface area contributed by atoms with Crippen LogP contribution in [0.4, 0.5) is 0 Å². The van der Waals surface area contributed by atoms with E-state index in [2.05, 4.69) is 29.0 Å². The quantitative estimate of drug-likeness (QED) is 0.805. The molecule has 0 saturated carbocycles. The van der Waals surface area contributed by atoms with Crippen LogP contribution in [0.5, 0.6) is 0 Å². The molecule has 1 amide bonds. The molecular weight excluding hydrogens is 226 g/mol. The van der Waals surface area contributed by atoms with Gasteiger partial charge in [-0.3, -0.25) is 10.1 Å². The Hall–Kier alpha value is -0.610. The molecular formula is C14H27N3O. The van der Waals surface area contributed by atoms with Gasteiger partial charge in [0, 0.05) is 13.1 Å². The highest BCUT2D eigenvalue weighted by Crippen LogP contribution is 2.24. The zero-order valence-electron chi connectivity index (χ0n) is 12.0. The third-order valence-electron chi connectivity index (χ3n) is 4.54. The molecule has 2 atom stereocenters. The van der Waals surface area contributed by atoms with Crippen LogP contribution in [-0.2, 0) is 4.79 Å².